The Hall–Kier alpha value is -2.86. The molecule has 0 spiro atoms. The summed E-state index contributed by atoms with van der Waals surface area (Å²) in [6.07, 6.45) is 2.69. The molecule has 0 bridgehead atoms. The van der Waals surface area contributed by atoms with Crippen molar-refractivity contribution < 1.29 is 4.79 Å². The highest BCUT2D eigenvalue weighted by atomic mass is 32.2. The Bertz CT molecular complexity index is 1110. The third-order valence-corrected chi connectivity index (χ3v) is 6.20. The van der Waals surface area contributed by atoms with E-state index < -0.39 is 5.25 Å². The van der Waals surface area contributed by atoms with Crippen LogP contribution in [0.5, 0.6) is 0 Å². The maximum atomic E-state index is 13.3. The third-order valence-electron chi connectivity index (χ3n) is 5.15. The first-order valence-corrected chi connectivity index (χ1v) is 11.0. The van der Waals surface area contributed by atoms with Crippen LogP contribution in [0.25, 0.3) is 16.6 Å². The molecule has 6 heteroatoms. The Morgan fingerprint density at radius 3 is 2.57 bits per heavy atom. The minimum Gasteiger partial charge on any atom is -0.352 e. The number of carbonyl (C=O) groups excluding carboxylic acids is 1. The first-order chi connectivity index (χ1) is 14.5. The van der Waals surface area contributed by atoms with E-state index in [2.05, 4.69) is 37.9 Å². The van der Waals surface area contributed by atoms with Gasteiger partial charge in [0, 0.05) is 6.54 Å². The number of benzene rings is 2. The molecule has 0 aliphatic rings. The average Bonchev–Trinajstić information content (AvgIpc) is 2.77. The van der Waals surface area contributed by atoms with Crippen LogP contribution in [0.1, 0.15) is 38.7 Å². The molecule has 0 aliphatic heterocycles. The smallest absolute Gasteiger partial charge is 0.266 e. The van der Waals surface area contributed by atoms with Gasteiger partial charge in [-0.25, -0.2) is 4.98 Å². The van der Waals surface area contributed by atoms with Gasteiger partial charge in [-0.05, 0) is 49.1 Å². The molecule has 2 atom stereocenters. The second kappa shape index (κ2) is 9.76. The van der Waals surface area contributed by atoms with Gasteiger partial charge >= 0.3 is 0 Å². The zero-order valence-corrected chi connectivity index (χ0v) is 18.4. The van der Waals surface area contributed by atoms with Crippen molar-refractivity contribution in [3.63, 3.8) is 0 Å². The Labute approximate surface area is 181 Å². The minimum absolute atomic E-state index is 0.124. The summed E-state index contributed by atoms with van der Waals surface area (Å²) in [7, 11) is 0. The van der Waals surface area contributed by atoms with E-state index in [0.717, 1.165) is 12.1 Å². The number of hydrogen-bond acceptors (Lipinski definition) is 4. The van der Waals surface area contributed by atoms with Gasteiger partial charge in [0.2, 0.25) is 5.91 Å². The van der Waals surface area contributed by atoms with E-state index in [4.69, 9.17) is 4.98 Å². The van der Waals surface area contributed by atoms with Crippen LogP contribution in [-0.4, -0.2) is 27.3 Å². The Balaban J connectivity index is 2.08. The molecular formula is C24H27N3O2S. The zero-order chi connectivity index (χ0) is 21.7. The molecular weight excluding hydrogens is 394 g/mol. The summed E-state index contributed by atoms with van der Waals surface area (Å²) in [4.78, 5) is 30.4. The predicted molar refractivity (Wildman–Crippen MR) is 125 cm³/mol. The zero-order valence-electron chi connectivity index (χ0n) is 17.6. The van der Waals surface area contributed by atoms with Crippen molar-refractivity contribution in [1.29, 1.82) is 0 Å². The molecule has 0 saturated heterocycles. The molecule has 156 valence electrons. The van der Waals surface area contributed by atoms with E-state index in [9.17, 15) is 9.59 Å². The summed E-state index contributed by atoms with van der Waals surface area (Å²) < 4.78 is 1.60. The molecule has 0 radical (unpaired) electrons. The molecule has 0 aliphatic carbocycles. The molecule has 1 amide bonds. The maximum absolute atomic E-state index is 13.3. The quantitative estimate of drug-likeness (QED) is 0.326. The van der Waals surface area contributed by atoms with Crippen molar-refractivity contribution in [2.24, 2.45) is 0 Å². The van der Waals surface area contributed by atoms with Crippen LogP contribution in [-0.2, 0) is 4.79 Å². The molecule has 2 aromatic carbocycles. The number of nitrogens with zero attached hydrogens (tertiary/aromatic N) is 2. The fraction of sp³-hybridized carbons (Fsp3) is 0.292. The van der Waals surface area contributed by atoms with Gasteiger partial charge in [0.25, 0.3) is 5.56 Å². The number of carbonyl (C=O) groups is 1. The molecule has 5 nitrogen and oxygen atoms in total. The number of aromatic nitrogens is 2. The van der Waals surface area contributed by atoms with Crippen LogP contribution in [0.2, 0.25) is 0 Å². The molecule has 30 heavy (non-hydrogen) atoms. The number of hydrogen-bond donors (Lipinski definition) is 1. The second-order valence-corrected chi connectivity index (χ2v) is 8.55. The third kappa shape index (κ3) is 4.65. The van der Waals surface area contributed by atoms with Crippen molar-refractivity contribution in [2.75, 3.05) is 6.54 Å². The van der Waals surface area contributed by atoms with E-state index in [1.54, 1.807) is 23.6 Å². The van der Waals surface area contributed by atoms with Crippen molar-refractivity contribution in [3.05, 3.63) is 77.1 Å². The molecule has 3 rings (SSSR count). The highest BCUT2D eigenvalue weighted by molar-refractivity contribution is 8.00. The van der Waals surface area contributed by atoms with E-state index in [0.29, 0.717) is 28.5 Å². The van der Waals surface area contributed by atoms with Crippen LogP contribution < -0.4 is 10.9 Å². The molecule has 0 saturated carbocycles. The normalized spacial score (nSPS) is 13.0. The first kappa shape index (κ1) is 21.8. The van der Waals surface area contributed by atoms with Gasteiger partial charge in [0.05, 0.1) is 21.8 Å². The number of fused-ring (bicyclic) bond motifs is 1. The number of amides is 1. The minimum atomic E-state index is -0.413. The Kier molecular flexibility index (Phi) is 7.11. The van der Waals surface area contributed by atoms with Crippen LogP contribution in [0, 0.1) is 0 Å². The van der Waals surface area contributed by atoms with Crippen molar-refractivity contribution >= 4 is 28.6 Å². The summed E-state index contributed by atoms with van der Waals surface area (Å²) in [5.41, 5.74) is 2.45. The number of para-hydroxylation sites is 1. The second-order valence-electron chi connectivity index (χ2n) is 7.25. The lowest BCUT2D eigenvalue weighted by atomic mass is 9.98. The average molecular weight is 422 g/mol. The van der Waals surface area contributed by atoms with Crippen molar-refractivity contribution in [2.45, 2.75) is 43.5 Å². The summed E-state index contributed by atoms with van der Waals surface area (Å²) in [6, 6.07) is 15.3. The summed E-state index contributed by atoms with van der Waals surface area (Å²) in [5.74, 6) is 0.328. The molecule has 1 heterocycles. The lowest BCUT2D eigenvalue weighted by Crippen LogP contribution is -2.32. The van der Waals surface area contributed by atoms with Gasteiger partial charge in [0.15, 0.2) is 5.16 Å². The summed E-state index contributed by atoms with van der Waals surface area (Å²) in [6.45, 7) is 10.2. The van der Waals surface area contributed by atoms with Gasteiger partial charge in [0.1, 0.15) is 0 Å². The van der Waals surface area contributed by atoms with Crippen LogP contribution in [0.15, 0.2) is 71.1 Å². The van der Waals surface area contributed by atoms with E-state index in [1.165, 1.54) is 17.3 Å². The maximum Gasteiger partial charge on any atom is 0.266 e. The summed E-state index contributed by atoms with van der Waals surface area (Å²) in [5, 5.41) is 3.43. The standard InChI is InChI=1S/C24H27N3O2S/c1-5-15-25-22(28)17(4)30-24-26-21-10-8-7-9-20(21)23(29)27(24)19-13-11-18(12-14-19)16(3)6-2/h5,7-14,16-17H,1,6,15H2,2-4H3,(H,25,28)/t16-,17-/m0/s1. The number of rotatable bonds is 8. The Morgan fingerprint density at radius 1 is 1.20 bits per heavy atom. The fourth-order valence-corrected chi connectivity index (χ4v) is 4.09. The fourth-order valence-electron chi connectivity index (χ4n) is 3.13. The van der Waals surface area contributed by atoms with Crippen molar-refractivity contribution in [1.82, 2.24) is 14.9 Å². The lowest BCUT2D eigenvalue weighted by molar-refractivity contribution is -0.120. The molecule has 1 N–H and O–H groups in total. The molecule has 0 fully saturated rings. The van der Waals surface area contributed by atoms with Gasteiger partial charge in [-0.1, -0.05) is 56.0 Å². The highest BCUT2D eigenvalue weighted by Crippen LogP contribution is 2.26. The molecule has 0 unspecified atom stereocenters. The number of nitrogens with one attached hydrogen (secondary N) is 1. The lowest BCUT2D eigenvalue weighted by Gasteiger charge is -2.17. The van der Waals surface area contributed by atoms with E-state index in [1.807, 2.05) is 30.3 Å². The highest BCUT2D eigenvalue weighted by Gasteiger charge is 2.20. The van der Waals surface area contributed by atoms with E-state index in [-0.39, 0.29) is 11.5 Å². The number of thioether (sulfide) groups is 1. The summed E-state index contributed by atoms with van der Waals surface area (Å²) >= 11 is 1.27. The largest absolute Gasteiger partial charge is 0.352 e. The topological polar surface area (TPSA) is 64.0 Å². The monoisotopic (exact) mass is 421 g/mol. The van der Waals surface area contributed by atoms with Gasteiger partial charge < -0.3 is 5.32 Å². The van der Waals surface area contributed by atoms with Gasteiger partial charge in [-0.3, -0.25) is 14.2 Å². The van der Waals surface area contributed by atoms with Crippen LogP contribution >= 0.6 is 11.8 Å². The van der Waals surface area contributed by atoms with Crippen LogP contribution in [0.4, 0.5) is 0 Å². The van der Waals surface area contributed by atoms with Crippen LogP contribution in [0.3, 0.4) is 0 Å². The molecule has 3 aromatic rings. The van der Waals surface area contributed by atoms with Gasteiger partial charge in [-0.2, -0.15) is 0 Å². The van der Waals surface area contributed by atoms with Crippen molar-refractivity contribution in [3.8, 4) is 5.69 Å². The first-order valence-electron chi connectivity index (χ1n) is 10.1. The van der Waals surface area contributed by atoms with Gasteiger partial charge in [-0.15, -0.1) is 6.58 Å². The molecule has 1 aromatic heterocycles. The Morgan fingerprint density at radius 2 is 1.90 bits per heavy atom. The predicted octanol–water partition coefficient (Wildman–Crippen LogP) is 4.68. The van der Waals surface area contributed by atoms with E-state index >= 15 is 0 Å². The SMILES string of the molecule is C=CCNC(=O)[C@H](C)Sc1nc2ccccc2c(=O)n1-c1ccc([C@@H](C)CC)cc1.